The van der Waals surface area contributed by atoms with Crippen LogP contribution in [0.3, 0.4) is 0 Å². The molecule has 1 saturated heterocycles. The van der Waals surface area contributed by atoms with Crippen molar-refractivity contribution >= 4 is 56.7 Å². The Morgan fingerprint density at radius 3 is 2.50 bits per heavy atom. The molecule has 6 heteroatoms. The van der Waals surface area contributed by atoms with Crippen LogP contribution in [0.15, 0.2) is 65.6 Å². The first kappa shape index (κ1) is 18.5. The number of thiocarbonyl (C=S) groups is 1. The van der Waals surface area contributed by atoms with Crippen LogP contribution in [0.2, 0.25) is 0 Å². The first-order valence-corrected chi connectivity index (χ1v) is 9.82. The van der Waals surface area contributed by atoms with Crippen molar-refractivity contribution in [1.82, 2.24) is 0 Å². The van der Waals surface area contributed by atoms with Gasteiger partial charge in [0.2, 0.25) is 0 Å². The molecular weight excluding hydrogens is 390 g/mol. The van der Waals surface area contributed by atoms with E-state index in [1.165, 1.54) is 11.8 Å². The maximum Gasteiger partial charge on any atom is 0.270 e. The summed E-state index contributed by atoms with van der Waals surface area (Å²) < 4.78 is 11.2. The molecule has 4 rings (SSSR count). The Balaban J connectivity index is 1.71. The van der Waals surface area contributed by atoms with Gasteiger partial charge in [-0.1, -0.05) is 54.3 Å². The fourth-order valence-electron chi connectivity index (χ4n) is 3.10. The van der Waals surface area contributed by atoms with Crippen LogP contribution in [-0.4, -0.2) is 24.4 Å². The molecule has 0 aliphatic carbocycles. The Labute approximate surface area is 172 Å². The number of ether oxygens (including phenoxy) is 2. The topological polar surface area (TPSA) is 38.8 Å². The molecule has 0 unspecified atom stereocenters. The van der Waals surface area contributed by atoms with Gasteiger partial charge in [-0.3, -0.25) is 9.69 Å². The molecule has 1 aliphatic heterocycles. The van der Waals surface area contributed by atoms with Crippen LogP contribution in [0.1, 0.15) is 5.56 Å². The second-order valence-corrected chi connectivity index (χ2v) is 7.83. The summed E-state index contributed by atoms with van der Waals surface area (Å²) >= 11 is 6.78. The molecule has 28 heavy (non-hydrogen) atoms. The molecule has 0 radical (unpaired) electrons. The third-order valence-electron chi connectivity index (χ3n) is 4.51. The molecule has 1 aliphatic rings. The maximum absolute atomic E-state index is 13.1. The number of fused-ring (bicyclic) bond motifs is 1. The molecular formula is C22H17NO3S2. The Hall–Kier alpha value is -2.83. The van der Waals surface area contributed by atoms with Gasteiger partial charge < -0.3 is 9.47 Å². The van der Waals surface area contributed by atoms with E-state index in [9.17, 15) is 4.79 Å². The molecule has 0 saturated carbocycles. The number of benzene rings is 3. The van der Waals surface area contributed by atoms with E-state index in [-0.39, 0.29) is 5.91 Å². The number of nitrogens with zero attached hydrogens (tertiary/aromatic N) is 1. The second kappa shape index (κ2) is 7.66. The molecule has 3 aromatic rings. The standard InChI is InChI=1S/C22H17NO3S2/c1-25-18-9-10-19(26-2)16(12-18)13-20-21(24)23(22(27)28-20)17-8-7-14-5-3-4-6-15(14)11-17/h3-13H,1-2H3/b20-13+. The number of rotatable bonds is 4. The maximum atomic E-state index is 13.1. The number of carbonyl (C=O) groups is 1. The van der Waals surface area contributed by atoms with Gasteiger partial charge in [0.1, 0.15) is 11.5 Å². The summed E-state index contributed by atoms with van der Waals surface area (Å²) in [6.07, 6.45) is 1.79. The fraction of sp³-hybridized carbons (Fsp3) is 0.0909. The molecule has 1 heterocycles. The predicted molar refractivity (Wildman–Crippen MR) is 119 cm³/mol. The van der Waals surface area contributed by atoms with E-state index in [1.807, 2.05) is 60.7 Å². The molecule has 0 spiro atoms. The number of methoxy groups -OCH3 is 2. The van der Waals surface area contributed by atoms with E-state index in [0.717, 1.165) is 22.0 Å². The van der Waals surface area contributed by atoms with Gasteiger partial charge in [0.15, 0.2) is 4.32 Å². The Kier molecular flexibility index (Phi) is 5.07. The molecule has 140 valence electrons. The highest BCUT2D eigenvalue weighted by Crippen LogP contribution is 2.38. The summed E-state index contributed by atoms with van der Waals surface area (Å²) in [6.45, 7) is 0. The highest BCUT2D eigenvalue weighted by atomic mass is 32.2. The molecule has 3 aromatic carbocycles. The minimum absolute atomic E-state index is 0.143. The summed E-state index contributed by atoms with van der Waals surface area (Å²) in [5.41, 5.74) is 1.53. The summed E-state index contributed by atoms with van der Waals surface area (Å²) in [6, 6.07) is 19.4. The third-order valence-corrected chi connectivity index (χ3v) is 5.81. The molecule has 0 bridgehead atoms. The number of hydrogen-bond acceptors (Lipinski definition) is 5. The van der Waals surface area contributed by atoms with Gasteiger partial charge in [-0.05, 0) is 47.2 Å². The van der Waals surface area contributed by atoms with Crippen LogP contribution < -0.4 is 14.4 Å². The number of thioether (sulfide) groups is 1. The Bertz CT molecular complexity index is 1120. The van der Waals surface area contributed by atoms with E-state index in [4.69, 9.17) is 21.7 Å². The minimum Gasteiger partial charge on any atom is -0.497 e. The molecule has 0 aromatic heterocycles. The summed E-state index contributed by atoms with van der Waals surface area (Å²) in [5, 5.41) is 2.18. The van der Waals surface area contributed by atoms with Gasteiger partial charge in [-0.25, -0.2) is 0 Å². The average molecular weight is 408 g/mol. The number of amides is 1. The molecule has 1 fully saturated rings. The lowest BCUT2D eigenvalue weighted by atomic mass is 10.1. The van der Waals surface area contributed by atoms with Crippen LogP contribution in [0, 0.1) is 0 Å². The zero-order chi connectivity index (χ0) is 19.7. The first-order valence-electron chi connectivity index (χ1n) is 8.59. The first-order chi connectivity index (χ1) is 13.6. The average Bonchev–Trinajstić information content (AvgIpc) is 3.00. The summed E-state index contributed by atoms with van der Waals surface area (Å²) in [4.78, 5) is 15.2. The van der Waals surface area contributed by atoms with Gasteiger partial charge in [-0.15, -0.1) is 0 Å². The highest BCUT2D eigenvalue weighted by molar-refractivity contribution is 8.27. The third kappa shape index (κ3) is 3.37. The summed E-state index contributed by atoms with van der Waals surface area (Å²) in [7, 11) is 3.20. The normalized spacial score (nSPS) is 15.5. The molecule has 1 amide bonds. The van der Waals surface area contributed by atoms with Crippen molar-refractivity contribution in [2.24, 2.45) is 0 Å². The Morgan fingerprint density at radius 1 is 0.964 bits per heavy atom. The monoisotopic (exact) mass is 407 g/mol. The van der Waals surface area contributed by atoms with Crippen LogP contribution in [0.4, 0.5) is 5.69 Å². The number of carbonyl (C=O) groups excluding carboxylic acids is 1. The predicted octanol–water partition coefficient (Wildman–Crippen LogP) is 5.26. The number of hydrogen-bond donors (Lipinski definition) is 0. The lowest BCUT2D eigenvalue weighted by molar-refractivity contribution is -0.113. The van der Waals surface area contributed by atoms with E-state index in [2.05, 4.69) is 0 Å². The lowest BCUT2D eigenvalue weighted by Crippen LogP contribution is -2.27. The van der Waals surface area contributed by atoms with E-state index in [0.29, 0.717) is 20.7 Å². The van der Waals surface area contributed by atoms with Crippen molar-refractivity contribution < 1.29 is 14.3 Å². The quantitative estimate of drug-likeness (QED) is 0.436. The zero-order valence-electron chi connectivity index (χ0n) is 15.3. The van der Waals surface area contributed by atoms with Crippen molar-refractivity contribution in [2.75, 3.05) is 19.1 Å². The van der Waals surface area contributed by atoms with E-state index in [1.54, 1.807) is 25.2 Å². The van der Waals surface area contributed by atoms with E-state index >= 15 is 0 Å². The van der Waals surface area contributed by atoms with E-state index < -0.39 is 0 Å². The van der Waals surface area contributed by atoms with Crippen molar-refractivity contribution in [3.8, 4) is 11.5 Å². The minimum atomic E-state index is -0.143. The SMILES string of the molecule is COc1ccc(OC)c(/C=C2/SC(=S)N(c3ccc4ccccc4c3)C2=O)c1. The van der Waals surface area contributed by atoms with Gasteiger partial charge in [0.05, 0.1) is 24.8 Å². The van der Waals surface area contributed by atoms with Crippen LogP contribution >= 0.6 is 24.0 Å². The largest absolute Gasteiger partial charge is 0.497 e. The van der Waals surface area contributed by atoms with Crippen LogP contribution in [-0.2, 0) is 4.79 Å². The zero-order valence-corrected chi connectivity index (χ0v) is 17.0. The van der Waals surface area contributed by atoms with Gasteiger partial charge in [-0.2, -0.15) is 0 Å². The number of anilines is 1. The Morgan fingerprint density at radius 2 is 1.75 bits per heavy atom. The van der Waals surface area contributed by atoms with Crippen LogP contribution in [0.5, 0.6) is 11.5 Å². The van der Waals surface area contributed by atoms with Crippen molar-refractivity contribution in [3.63, 3.8) is 0 Å². The smallest absolute Gasteiger partial charge is 0.270 e. The molecule has 4 nitrogen and oxygen atoms in total. The van der Waals surface area contributed by atoms with Gasteiger partial charge in [0.25, 0.3) is 5.91 Å². The molecule has 0 N–H and O–H groups in total. The van der Waals surface area contributed by atoms with Gasteiger partial charge in [0, 0.05) is 5.56 Å². The summed E-state index contributed by atoms with van der Waals surface area (Å²) in [5.74, 6) is 1.21. The van der Waals surface area contributed by atoms with Crippen molar-refractivity contribution in [3.05, 3.63) is 71.1 Å². The molecule has 0 atom stereocenters. The second-order valence-electron chi connectivity index (χ2n) is 6.16. The highest BCUT2D eigenvalue weighted by Gasteiger charge is 2.33. The van der Waals surface area contributed by atoms with Crippen molar-refractivity contribution in [2.45, 2.75) is 0 Å². The lowest BCUT2D eigenvalue weighted by Gasteiger charge is -2.15. The van der Waals surface area contributed by atoms with Crippen molar-refractivity contribution in [1.29, 1.82) is 0 Å². The van der Waals surface area contributed by atoms with Crippen LogP contribution in [0.25, 0.3) is 16.8 Å². The fourth-order valence-corrected chi connectivity index (χ4v) is 4.39. The van der Waals surface area contributed by atoms with Gasteiger partial charge >= 0.3 is 0 Å².